The Morgan fingerprint density at radius 2 is 1.33 bits per heavy atom. The van der Waals surface area contributed by atoms with E-state index >= 15 is 0 Å². The third-order valence-corrected chi connectivity index (χ3v) is 8.04. The van der Waals surface area contributed by atoms with E-state index in [4.69, 9.17) is 14.1 Å². The molecule has 6 heteroatoms. The summed E-state index contributed by atoms with van der Waals surface area (Å²) >= 11 is 0. The van der Waals surface area contributed by atoms with Crippen LogP contribution < -0.4 is 4.74 Å². The fourth-order valence-corrected chi connectivity index (χ4v) is 6.49. The monoisotopic (exact) mass is 502 g/mol. The Morgan fingerprint density at radius 3 is 2.28 bits per heavy atom. The normalized spacial score (nSPS) is 12.8. The van der Waals surface area contributed by atoms with E-state index in [9.17, 15) is 0 Å². The van der Waals surface area contributed by atoms with Crippen LogP contribution in [-0.2, 0) is 0 Å². The maximum Gasteiger partial charge on any atom is 0.232 e. The van der Waals surface area contributed by atoms with Crippen LogP contribution in [0.15, 0.2) is 114 Å². The largest absolute Gasteiger partial charge is 0.453 e. The molecule has 9 aromatic rings. The van der Waals surface area contributed by atoms with Crippen LogP contribution in [0.3, 0.4) is 0 Å². The lowest BCUT2D eigenvalue weighted by Crippen LogP contribution is -2.05. The second-order valence-electron chi connectivity index (χ2n) is 10.1. The van der Waals surface area contributed by atoms with Gasteiger partial charge in [0.25, 0.3) is 0 Å². The molecule has 10 rings (SSSR count). The second-order valence-corrected chi connectivity index (χ2v) is 10.1. The molecule has 0 atom stereocenters. The molecule has 1 aliphatic heterocycles. The average Bonchev–Trinajstić information content (AvgIpc) is 3.71. The number of rotatable bonds is 1. The van der Waals surface area contributed by atoms with E-state index in [1.165, 1.54) is 0 Å². The van der Waals surface area contributed by atoms with Gasteiger partial charge in [-0.15, -0.1) is 0 Å². The van der Waals surface area contributed by atoms with Gasteiger partial charge in [0, 0.05) is 16.2 Å². The smallest absolute Gasteiger partial charge is 0.232 e. The maximum absolute atomic E-state index is 6.59. The summed E-state index contributed by atoms with van der Waals surface area (Å²) in [6.07, 6.45) is 0. The molecule has 0 fully saturated rings. The number of para-hydroxylation sites is 6. The zero-order valence-electron chi connectivity index (χ0n) is 20.5. The molecule has 0 saturated heterocycles. The molecule has 182 valence electrons. The molecule has 0 unspecified atom stereocenters. The van der Waals surface area contributed by atoms with Gasteiger partial charge in [-0.1, -0.05) is 54.6 Å². The van der Waals surface area contributed by atoms with Crippen molar-refractivity contribution >= 4 is 60.8 Å². The van der Waals surface area contributed by atoms with Gasteiger partial charge in [-0.25, -0.2) is 9.55 Å². The Kier molecular flexibility index (Phi) is 3.36. The molecule has 6 nitrogen and oxygen atoms in total. The van der Waals surface area contributed by atoms with E-state index in [0.717, 1.165) is 83.7 Å². The van der Waals surface area contributed by atoms with E-state index < -0.39 is 0 Å². The van der Waals surface area contributed by atoms with Crippen LogP contribution in [0.25, 0.3) is 72.2 Å². The first-order valence-corrected chi connectivity index (χ1v) is 13.0. The summed E-state index contributed by atoms with van der Waals surface area (Å²) in [4.78, 5) is 5.12. The van der Waals surface area contributed by atoms with Crippen LogP contribution in [0.1, 0.15) is 0 Å². The summed E-state index contributed by atoms with van der Waals surface area (Å²) < 4.78 is 19.8. The highest BCUT2D eigenvalue weighted by molar-refractivity contribution is 6.17. The topological polar surface area (TPSA) is 49.5 Å². The van der Waals surface area contributed by atoms with Gasteiger partial charge in [-0.05, 0) is 54.6 Å². The van der Waals surface area contributed by atoms with Crippen molar-refractivity contribution in [2.45, 2.75) is 0 Å². The summed E-state index contributed by atoms with van der Waals surface area (Å²) in [5.74, 6) is 2.50. The minimum atomic E-state index is 0.772. The van der Waals surface area contributed by atoms with Crippen molar-refractivity contribution in [1.29, 1.82) is 0 Å². The second kappa shape index (κ2) is 6.68. The Labute approximate surface area is 220 Å². The van der Waals surface area contributed by atoms with Crippen LogP contribution in [0.5, 0.6) is 11.5 Å². The van der Waals surface area contributed by atoms with Crippen molar-refractivity contribution in [3.8, 4) is 22.9 Å². The lowest BCUT2D eigenvalue weighted by atomic mass is 10.1. The summed E-state index contributed by atoms with van der Waals surface area (Å²) in [5, 5.41) is 3.31. The fourth-order valence-electron chi connectivity index (χ4n) is 6.49. The van der Waals surface area contributed by atoms with Gasteiger partial charge in [-0.3, -0.25) is 4.40 Å². The molecule has 0 aliphatic carbocycles. The summed E-state index contributed by atoms with van der Waals surface area (Å²) in [7, 11) is 0. The number of fused-ring (bicyclic) bond motifs is 12. The van der Waals surface area contributed by atoms with E-state index in [-0.39, 0.29) is 0 Å². The minimum Gasteiger partial charge on any atom is -0.453 e. The van der Waals surface area contributed by atoms with Crippen molar-refractivity contribution in [2.24, 2.45) is 0 Å². The van der Waals surface area contributed by atoms with Gasteiger partial charge in [0.2, 0.25) is 11.5 Å². The highest BCUT2D eigenvalue weighted by atomic mass is 16.5. The molecule has 0 spiro atoms. The van der Waals surface area contributed by atoms with Crippen LogP contribution in [0, 0.1) is 0 Å². The highest BCUT2D eigenvalue weighted by Gasteiger charge is 2.29. The first kappa shape index (κ1) is 19.6. The molecule has 0 radical (unpaired) electrons. The SMILES string of the molecule is c1ccc2c(c1)Oc1ccc(-n3c4oc5ccccc5c4n4c5ccccc5nc34)c3c4ccccc4n-2c13. The summed E-state index contributed by atoms with van der Waals surface area (Å²) in [6, 6.07) is 37.5. The summed E-state index contributed by atoms with van der Waals surface area (Å²) in [5.41, 5.74) is 8.85. The number of nitrogens with zero attached hydrogens (tertiary/aromatic N) is 4. The first-order chi connectivity index (χ1) is 19.4. The van der Waals surface area contributed by atoms with Gasteiger partial charge in [0.1, 0.15) is 11.1 Å². The number of imidazole rings is 2. The molecule has 39 heavy (non-hydrogen) atoms. The first-order valence-electron chi connectivity index (χ1n) is 13.0. The zero-order valence-corrected chi connectivity index (χ0v) is 20.5. The molecule has 1 aliphatic rings. The van der Waals surface area contributed by atoms with Crippen LogP contribution in [-0.4, -0.2) is 18.5 Å². The number of aromatic nitrogens is 4. The predicted octanol–water partition coefficient (Wildman–Crippen LogP) is 8.38. The molecular formula is C33H18N4O2. The van der Waals surface area contributed by atoms with Gasteiger partial charge in [0.15, 0.2) is 11.5 Å². The van der Waals surface area contributed by atoms with E-state index in [0.29, 0.717) is 0 Å². The Balaban J connectivity index is 1.46. The Hall–Kier alpha value is -5.49. The third-order valence-electron chi connectivity index (χ3n) is 8.04. The molecule has 5 aromatic carbocycles. The predicted molar refractivity (Wildman–Crippen MR) is 154 cm³/mol. The number of benzene rings is 5. The molecule has 0 saturated carbocycles. The molecule has 0 amide bonds. The Morgan fingerprint density at radius 1 is 0.564 bits per heavy atom. The van der Waals surface area contributed by atoms with Gasteiger partial charge in [0.05, 0.1) is 33.4 Å². The standard InChI is InChI=1S/C33H18N4O2/c1-4-12-22-19(9-1)29-25(17-18-28-31(29)35(22)24-14-6-8-16-27(24)38-28)37-32-30(20-10-2-7-15-26(20)39-32)36-23-13-5-3-11-21(23)34-33(36)37/h1-18H. The quantitative estimate of drug-likeness (QED) is 0.227. The number of hydrogen-bond acceptors (Lipinski definition) is 3. The van der Waals surface area contributed by atoms with Crippen LogP contribution in [0.2, 0.25) is 0 Å². The molecule has 4 aromatic heterocycles. The van der Waals surface area contributed by atoms with Crippen molar-refractivity contribution in [1.82, 2.24) is 18.5 Å². The van der Waals surface area contributed by atoms with Crippen LogP contribution in [0.4, 0.5) is 0 Å². The highest BCUT2D eigenvalue weighted by Crippen LogP contribution is 2.48. The fraction of sp³-hybridized carbons (Fsp3) is 0. The maximum atomic E-state index is 6.59. The lowest BCUT2D eigenvalue weighted by Gasteiger charge is -2.21. The molecule has 5 heterocycles. The number of ether oxygens (including phenoxy) is 1. The van der Waals surface area contributed by atoms with Crippen molar-refractivity contribution in [3.05, 3.63) is 109 Å². The van der Waals surface area contributed by atoms with Gasteiger partial charge < -0.3 is 13.7 Å². The zero-order chi connectivity index (χ0) is 25.2. The number of hydrogen-bond donors (Lipinski definition) is 0. The minimum absolute atomic E-state index is 0.772. The molecular weight excluding hydrogens is 484 g/mol. The van der Waals surface area contributed by atoms with E-state index in [1.807, 2.05) is 30.3 Å². The van der Waals surface area contributed by atoms with E-state index in [1.54, 1.807) is 0 Å². The molecule has 0 N–H and O–H groups in total. The average molecular weight is 503 g/mol. The third kappa shape index (κ3) is 2.27. The van der Waals surface area contributed by atoms with Crippen LogP contribution >= 0.6 is 0 Å². The van der Waals surface area contributed by atoms with E-state index in [2.05, 4.69) is 92.4 Å². The van der Waals surface area contributed by atoms with Gasteiger partial charge >= 0.3 is 0 Å². The Bertz CT molecular complexity index is 2400. The van der Waals surface area contributed by atoms with Crippen molar-refractivity contribution in [2.75, 3.05) is 0 Å². The lowest BCUT2D eigenvalue weighted by molar-refractivity contribution is 0.476. The van der Waals surface area contributed by atoms with Crippen molar-refractivity contribution < 1.29 is 9.15 Å². The van der Waals surface area contributed by atoms with Crippen molar-refractivity contribution in [3.63, 3.8) is 0 Å². The number of furan rings is 1. The molecule has 0 bridgehead atoms. The summed E-state index contributed by atoms with van der Waals surface area (Å²) in [6.45, 7) is 0. The van der Waals surface area contributed by atoms with Gasteiger partial charge in [-0.2, -0.15) is 0 Å².